The minimum Gasteiger partial charge on any atom is -0.496 e. The van der Waals surface area contributed by atoms with Gasteiger partial charge in [0.2, 0.25) is 15.9 Å². The first-order chi connectivity index (χ1) is 15.2. The Kier molecular flexibility index (Phi) is 7.73. The van der Waals surface area contributed by atoms with Crippen LogP contribution in [0.3, 0.4) is 0 Å². The molecule has 0 unspecified atom stereocenters. The first kappa shape index (κ1) is 24.0. The number of sulfonamides is 1. The van der Waals surface area contributed by atoms with Gasteiger partial charge in [0, 0.05) is 31.8 Å². The Bertz CT molecular complexity index is 1100. The van der Waals surface area contributed by atoms with Crippen molar-refractivity contribution in [1.29, 1.82) is 0 Å². The first-order valence-electron chi connectivity index (χ1n) is 9.87. The number of rotatable bonds is 8. The molecule has 0 radical (unpaired) electrons. The second-order valence-corrected chi connectivity index (χ2v) is 9.35. The van der Waals surface area contributed by atoms with Crippen LogP contribution in [0.15, 0.2) is 41.3 Å². The summed E-state index contributed by atoms with van der Waals surface area (Å²) in [4.78, 5) is 24.1. The van der Waals surface area contributed by atoms with Crippen LogP contribution in [-0.2, 0) is 19.6 Å². The van der Waals surface area contributed by atoms with Crippen molar-refractivity contribution < 1.29 is 27.5 Å². The summed E-state index contributed by atoms with van der Waals surface area (Å²) in [6, 6.07) is 8.61. The third-order valence-electron chi connectivity index (χ3n) is 4.79. The molecule has 172 valence electrons. The molecule has 1 aliphatic rings. The van der Waals surface area contributed by atoms with Crippen LogP contribution in [0.1, 0.15) is 30.1 Å². The number of nitrogens with one attached hydrogen (secondary N) is 3. The van der Waals surface area contributed by atoms with E-state index in [1.807, 2.05) is 0 Å². The fourth-order valence-corrected chi connectivity index (χ4v) is 4.47. The number of halogens is 1. The van der Waals surface area contributed by atoms with Crippen molar-refractivity contribution in [1.82, 2.24) is 4.72 Å². The molecular formula is C21H24ClN3O6S. The van der Waals surface area contributed by atoms with E-state index < -0.39 is 15.9 Å². The molecule has 1 fully saturated rings. The van der Waals surface area contributed by atoms with E-state index in [1.165, 1.54) is 50.4 Å². The molecule has 1 aliphatic heterocycles. The third-order valence-corrected chi connectivity index (χ3v) is 6.54. The standard InChI is InChI=1S/C21H24ClN3O6S/c1-13(26)24-19-11-20(30-2)17(10-18(19)22)21(27)25-14-5-7-16(8-6-14)32(28,29)23-12-15-4-3-9-31-15/h5-8,10-11,15,23H,3-4,9,12H2,1-2H3,(H,24,26)(H,25,27)/t15-/m1/s1. The summed E-state index contributed by atoms with van der Waals surface area (Å²) in [5.74, 6) is -0.607. The monoisotopic (exact) mass is 481 g/mol. The van der Waals surface area contributed by atoms with Crippen LogP contribution in [0.25, 0.3) is 0 Å². The third kappa shape index (κ3) is 5.98. The van der Waals surface area contributed by atoms with Gasteiger partial charge in [-0.15, -0.1) is 0 Å². The molecule has 32 heavy (non-hydrogen) atoms. The topological polar surface area (TPSA) is 123 Å². The van der Waals surface area contributed by atoms with Gasteiger partial charge in [0.15, 0.2) is 0 Å². The fraction of sp³-hybridized carbons (Fsp3) is 0.333. The van der Waals surface area contributed by atoms with Gasteiger partial charge in [0.1, 0.15) is 5.75 Å². The van der Waals surface area contributed by atoms with Crippen molar-refractivity contribution in [3.05, 3.63) is 47.0 Å². The number of carbonyl (C=O) groups is 2. The smallest absolute Gasteiger partial charge is 0.259 e. The number of ether oxygens (including phenoxy) is 2. The van der Waals surface area contributed by atoms with Crippen LogP contribution in [0.5, 0.6) is 5.75 Å². The lowest BCUT2D eigenvalue weighted by Crippen LogP contribution is -2.31. The molecule has 1 atom stereocenters. The van der Waals surface area contributed by atoms with E-state index in [4.69, 9.17) is 21.1 Å². The quantitative estimate of drug-likeness (QED) is 0.532. The van der Waals surface area contributed by atoms with Gasteiger partial charge in [-0.1, -0.05) is 11.6 Å². The number of benzene rings is 2. The Hall–Kier alpha value is -2.66. The van der Waals surface area contributed by atoms with Gasteiger partial charge in [-0.05, 0) is 43.2 Å². The van der Waals surface area contributed by atoms with Gasteiger partial charge < -0.3 is 20.1 Å². The van der Waals surface area contributed by atoms with Crippen molar-refractivity contribution in [3.63, 3.8) is 0 Å². The molecular weight excluding hydrogens is 458 g/mol. The lowest BCUT2D eigenvalue weighted by molar-refractivity contribution is -0.114. The number of methoxy groups -OCH3 is 1. The highest BCUT2D eigenvalue weighted by Gasteiger charge is 2.21. The van der Waals surface area contributed by atoms with Crippen molar-refractivity contribution in [2.45, 2.75) is 30.8 Å². The van der Waals surface area contributed by atoms with Crippen LogP contribution in [0, 0.1) is 0 Å². The van der Waals surface area contributed by atoms with E-state index in [0.717, 1.165) is 12.8 Å². The predicted molar refractivity (Wildman–Crippen MR) is 121 cm³/mol. The lowest BCUT2D eigenvalue weighted by atomic mass is 10.1. The molecule has 11 heteroatoms. The molecule has 3 rings (SSSR count). The Morgan fingerprint density at radius 1 is 1.19 bits per heavy atom. The molecule has 0 aromatic heterocycles. The Balaban J connectivity index is 1.70. The second-order valence-electron chi connectivity index (χ2n) is 7.18. The Morgan fingerprint density at radius 3 is 2.50 bits per heavy atom. The number of anilines is 2. The minimum atomic E-state index is -3.69. The number of amides is 2. The highest BCUT2D eigenvalue weighted by atomic mass is 35.5. The Morgan fingerprint density at radius 2 is 1.91 bits per heavy atom. The minimum absolute atomic E-state index is 0.0776. The van der Waals surface area contributed by atoms with E-state index in [9.17, 15) is 18.0 Å². The molecule has 1 heterocycles. The van der Waals surface area contributed by atoms with Crippen molar-refractivity contribution in [2.75, 3.05) is 30.9 Å². The predicted octanol–water partition coefficient (Wildman–Crippen LogP) is 3.02. The van der Waals surface area contributed by atoms with Gasteiger partial charge in [-0.25, -0.2) is 13.1 Å². The number of carbonyl (C=O) groups excluding carboxylic acids is 2. The van der Waals surface area contributed by atoms with Gasteiger partial charge in [-0.2, -0.15) is 0 Å². The van der Waals surface area contributed by atoms with Crippen molar-refractivity contribution >= 4 is 44.8 Å². The van der Waals surface area contributed by atoms with E-state index >= 15 is 0 Å². The second kappa shape index (κ2) is 10.3. The van der Waals surface area contributed by atoms with Crippen molar-refractivity contribution in [3.8, 4) is 5.75 Å². The Labute approximate surface area is 191 Å². The molecule has 3 N–H and O–H groups in total. The molecule has 2 amide bonds. The fourth-order valence-electron chi connectivity index (χ4n) is 3.19. The molecule has 0 aliphatic carbocycles. The maximum atomic E-state index is 12.7. The zero-order valence-electron chi connectivity index (χ0n) is 17.6. The number of hydrogen-bond donors (Lipinski definition) is 3. The highest BCUT2D eigenvalue weighted by molar-refractivity contribution is 7.89. The summed E-state index contributed by atoms with van der Waals surface area (Å²) in [6.45, 7) is 2.20. The van der Waals surface area contributed by atoms with Gasteiger partial charge in [0.25, 0.3) is 5.91 Å². The summed E-state index contributed by atoms with van der Waals surface area (Å²) in [5.41, 5.74) is 0.858. The van der Waals surface area contributed by atoms with E-state index in [0.29, 0.717) is 18.0 Å². The summed E-state index contributed by atoms with van der Waals surface area (Å²) in [7, 11) is -2.30. The van der Waals surface area contributed by atoms with E-state index in [2.05, 4.69) is 15.4 Å². The van der Waals surface area contributed by atoms with Gasteiger partial charge in [-0.3, -0.25) is 9.59 Å². The molecule has 2 aromatic carbocycles. The lowest BCUT2D eigenvalue weighted by Gasteiger charge is -2.14. The van der Waals surface area contributed by atoms with E-state index in [1.54, 1.807) is 0 Å². The normalized spacial score (nSPS) is 15.9. The maximum Gasteiger partial charge on any atom is 0.259 e. The van der Waals surface area contributed by atoms with Gasteiger partial charge >= 0.3 is 0 Å². The zero-order chi connectivity index (χ0) is 23.3. The van der Waals surface area contributed by atoms with Gasteiger partial charge in [0.05, 0.1) is 34.4 Å². The molecule has 2 aromatic rings. The summed E-state index contributed by atoms with van der Waals surface area (Å²) in [5, 5.41) is 5.41. The summed E-state index contributed by atoms with van der Waals surface area (Å²) >= 11 is 6.16. The summed E-state index contributed by atoms with van der Waals surface area (Å²) < 4.78 is 38.1. The molecule has 0 bridgehead atoms. The first-order valence-corrected chi connectivity index (χ1v) is 11.7. The van der Waals surface area contributed by atoms with Crippen LogP contribution in [0.2, 0.25) is 5.02 Å². The zero-order valence-corrected chi connectivity index (χ0v) is 19.2. The molecule has 0 spiro atoms. The average molecular weight is 482 g/mol. The molecule has 9 nitrogen and oxygen atoms in total. The SMILES string of the molecule is COc1cc(NC(C)=O)c(Cl)cc1C(=O)Nc1ccc(S(=O)(=O)NC[C@H]2CCCO2)cc1. The largest absolute Gasteiger partial charge is 0.496 e. The van der Waals surface area contributed by atoms with Crippen LogP contribution in [-0.4, -0.2) is 46.6 Å². The highest BCUT2D eigenvalue weighted by Crippen LogP contribution is 2.31. The van der Waals surface area contributed by atoms with Crippen LogP contribution >= 0.6 is 11.6 Å². The molecule has 0 saturated carbocycles. The maximum absolute atomic E-state index is 12.7. The van der Waals surface area contributed by atoms with E-state index in [-0.39, 0.29) is 39.8 Å². The summed E-state index contributed by atoms with van der Waals surface area (Å²) in [6.07, 6.45) is 1.64. The average Bonchev–Trinajstić information content (AvgIpc) is 3.27. The number of hydrogen-bond acceptors (Lipinski definition) is 6. The van der Waals surface area contributed by atoms with Crippen LogP contribution < -0.4 is 20.1 Å². The molecule has 1 saturated heterocycles. The van der Waals surface area contributed by atoms with Crippen molar-refractivity contribution in [2.24, 2.45) is 0 Å². The van der Waals surface area contributed by atoms with Crippen LogP contribution in [0.4, 0.5) is 11.4 Å².